The number of carbonyl (C=O) groups excluding carboxylic acids is 2. The smallest absolute Gasteiger partial charge is 0.356 e. The van der Waals surface area contributed by atoms with Gasteiger partial charge in [0.05, 0.1) is 5.52 Å². The summed E-state index contributed by atoms with van der Waals surface area (Å²) in [4.78, 5) is 23.2. The molecule has 132 valence electrons. The van der Waals surface area contributed by atoms with Gasteiger partial charge in [-0.1, -0.05) is 41.0 Å². The van der Waals surface area contributed by atoms with Crippen molar-refractivity contribution >= 4 is 34.2 Å². The van der Waals surface area contributed by atoms with Crippen molar-refractivity contribution < 1.29 is 14.7 Å². The van der Waals surface area contributed by atoms with Crippen molar-refractivity contribution in [3.8, 4) is 5.88 Å². The van der Waals surface area contributed by atoms with Crippen molar-refractivity contribution in [2.45, 2.75) is 13.5 Å². The molecule has 3 aromatic rings. The van der Waals surface area contributed by atoms with Crippen LogP contribution < -0.4 is 11.1 Å². The quantitative estimate of drug-likeness (QED) is 0.624. The predicted molar refractivity (Wildman–Crippen MR) is 97.5 cm³/mol. The summed E-state index contributed by atoms with van der Waals surface area (Å²) in [6.45, 7) is 1.82. The van der Waals surface area contributed by atoms with Gasteiger partial charge in [-0.05, 0) is 25.1 Å². The summed E-state index contributed by atoms with van der Waals surface area (Å²) in [5.74, 6) is -0.585. The number of primary amides is 1. The van der Waals surface area contributed by atoms with E-state index in [-0.39, 0.29) is 24.0 Å². The number of nitrogens with one attached hydrogen (secondary N) is 1. The molecule has 1 aromatic heterocycles. The number of hydrogen-bond acceptors (Lipinski definition) is 4. The average molecular weight is 351 g/mol. The van der Waals surface area contributed by atoms with E-state index in [2.05, 4.69) is 15.5 Å². The summed E-state index contributed by atoms with van der Waals surface area (Å²) in [5.41, 5.74) is 7.38. The molecule has 0 aliphatic carbocycles. The minimum atomic E-state index is -0.974. The molecule has 8 nitrogen and oxygen atoms in total. The highest BCUT2D eigenvalue weighted by Crippen LogP contribution is 2.38. The lowest BCUT2D eigenvalue weighted by Crippen LogP contribution is -2.18. The minimum absolute atomic E-state index is 0.0857. The zero-order valence-electron chi connectivity index (χ0n) is 14.0. The van der Waals surface area contributed by atoms with Crippen LogP contribution in [0.5, 0.6) is 5.88 Å². The van der Waals surface area contributed by atoms with Crippen LogP contribution >= 0.6 is 0 Å². The number of aromatic hydroxyl groups is 1. The summed E-state index contributed by atoms with van der Waals surface area (Å²) in [6, 6.07) is 13.4. The number of aryl methyl sites for hydroxylation is 1. The standard InChI is InChI=1S/C18H17N5O3/c1-11-6-8-12(9-7-11)20-15(24)10-23-14-5-3-2-4-13(14)16(17(23)25)21-22-18(19)26/h2-9,25H,10H2,1H3,(H2,19,26)(H,20,24). The van der Waals surface area contributed by atoms with E-state index < -0.39 is 6.03 Å². The van der Waals surface area contributed by atoms with E-state index in [4.69, 9.17) is 5.73 Å². The van der Waals surface area contributed by atoms with Gasteiger partial charge >= 0.3 is 6.03 Å². The Hall–Kier alpha value is -3.68. The largest absolute Gasteiger partial charge is 0.493 e. The van der Waals surface area contributed by atoms with E-state index in [0.29, 0.717) is 16.6 Å². The van der Waals surface area contributed by atoms with Crippen molar-refractivity contribution in [1.29, 1.82) is 0 Å². The van der Waals surface area contributed by atoms with E-state index in [1.165, 1.54) is 4.57 Å². The Morgan fingerprint density at radius 2 is 1.85 bits per heavy atom. The molecule has 26 heavy (non-hydrogen) atoms. The van der Waals surface area contributed by atoms with Crippen LogP contribution in [0.2, 0.25) is 0 Å². The third-order valence-corrected chi connectivity index (χ3v) is 3.80. The molecule has 1 heterocycles. The van der Waals surface area contributed by atoms with Crippen molar-refractivity contribution in [3.05, 3.63) is 54.1 Å². The first-order chi connectivity index (χ1) is 12.5. The van der Waals surface area contributed by atoms with Crippen molar-refractivity contribution in [2.75, 3.05) is 5.32 Å². The molecule has 4 N–H and O–H groups in total. The number of azo groups is 1. The number of nitrogens with zero attached hydrogens (tertiary/aromatic N) is 3. The van der Waals surface area contributed by atoms with Crippen LogP contribution in [0.15, 0.2) is 58.8 Å². The number of urea groups is 1. The van der Waals surface area contributed by atoms with Crippen molar-refractivity contribution in [2.24, 2.45) is 16.0 Å². The zero-order chi connectivity index (χ0) is 18.7. The van der Waals surface area contributed by atoms with Crippen LogP contribution in [0.1, 0.15) is 5.56 Å². The number of anilines is 1. The summed E-state index contributed by atoms with van der Waals surface area (Å²) in [7, 11) is 0. The molecule has 8 heteroatoms. The van der Waals surface area contributed by atoms with E-state index in [0.717, 1.165) is 5.56 Å². The van der Waals surface area contributed by atoms with Gasteiger partial charge in [0, 0.05) is 11.1 Å². The topological polar surface area (TPSA) is 122 Å². The highest BCUT2D eigenvalue weighted by molar-refractivity contribution is 5.98. The van der Waals surface area contributed by atoms with Gasteiger partial charge in [-0.15, -0.1) is 5.11 Å². The lowest BCUT2D eigenvalue weighted by molar-refractivity contribution is -0.116. The molecule has 0 radical (unpaired) electrons. The number of carbonyl (C=O) groups is 2. The second-order valence-electron chi connectivity index (χ2n) is 5.73. The van der Waals surface area contributed by atoms with E-state index in [9.17, 15) is 14.7 Å². The van der Waals surface area contributed by atoms with Crippen molar-refractivity contribution in [3.63, 3.8) is 0 Å². The van der Waals surface area contributed by atoms with E-state index >= 15 is 0 Å². The van der Waals surface area contributed by atoms with Crippen LogP contribution in [0.3, 0.4) is 0 Å². The van der Waals surface area contributed by atoms with Gasteiger partial charge in [-0.2, -0.15) is 0 Å². The maximum absolute atomic E-state index is 12.4. The number of para-hydroxylation sites is 1. The molecular formula is C18H17N5O3. The van der Waals surface area contributed by atoms with Gasteiger partial charge in [-0.25, -0.2) is 4.79 Å². The number of rotatable bonds is 4. The molecule has 0 fully saturated rings. The number of hydrogen-bond donors (Lipinski definition) is 3. The third kappa shape index (κ3) is 3.54. The molecule has 0 atom stereocenters. The van der Waals surface area contributed by atoms with Gasteiger partial charge < -0.3 is 20.7 Å². The maximum Gasteiger partial charge on any atom is 0.356 e. The zero-order valence-corrected chi connectivity index (χ0v) is 14.0. The molecule has 3 rings (SSSR count). The Bertz CT molecular complexity index is 1010. The molecule has 0 aliphatic heterocycles. The van der Waals surface area contributed by atoms with Crippen LogP contribution in [0.25, 0.3) is 10.9 Å². The molecule has 0 aliphatic rings. The number of amides is 3. The van der Waals surface area contributed by atoms with Gasteiger partial charge in [0.1, 0.15) is 6.54 Å². The minimum Gasteiger partial charge on any atom is -0.493 e. The molecule has 2 aromatic carbocycles. The molecule has 0 unspecified atom stereocenters. The predicted octanol–water partition coefficient (Wildman–Crippen LogP) is 3.46. The Morgan fingerprint density at radius 1 is 1.15 bits per heavy atom. The first kappa shape index (κ1) is 17.2. The van der Waals surface area contributed by atoms with Gasteiger partial charge in [0.25, 0.3) is 0 Å². The van der Waals surface area contributed by atoms with Crippen LogP contribution in [0.4, 0.5) is 16.2 Å². The SMILES string of the molecule is Cc1ccc(NC(=O)Cn2c(O)c(N=NC(N)=O)c3ccccc32)cc1. The van der Waals surface area contributed by atoms with Gasteiger partial charge in [0.2, 0.25) is 11.8 Å². The Balaban J connectivity index is 1.92. The average Bonchev–Trinajstić information content (AvgIpc) is 2.87. The van der Waals surface area contributed by atoms with E-state index in [1.807, 2.05) is 19.1 Å². The normalized spacial score (nSPS) is 11.1. The third-order valence-electron chi connectivity index (χ3n) is 3.80. The second-order valence-corrected chi connectivity index (χ2v) is 5.73. The lowest BCUT2D eigenvalue weighted by Gasteiger charge is -2.08. The summed E-state index contributed by atoms with van der Waals surface area (Å²) >= 11 is 0. The van der Waals surface area contributed by atoms with E-state index in [1.54, 1.807) is 36.4 Å². The first-order valence-electron chi connectivity index (χ1n) is 7.83. The Kier molecular flexibility index (Phi) is 4.66. The molecule has 0 spiro atoms. The van der Waals surface area contributed by atoms with Crippen LogP contribution in [-0.4, -0.2) is 21.6 Å². The first-order valence-corrected chi connectivity index (χ1v) is 7.83. The lowest BCUT2D eigenvalue weighted by atomic mass is 10.2. The summed E-state index contributed by atoms with van der Waals surface area (Å²) in [6.07, 6.45) is 0. The molecular weight excluding hydrogens is 334 g/mol. The maximum atomic E-state index is 12.4. The summed E-state index contributed by atoms with van der Waals surface area (Å²) in [5, 5.41) is 20.7. The highest BCUT2D eigenvalue weighted by Gasteiger charge is 2.18. The van der Waals surface area contributed by atoms with Gasteiger partial charge in [-0.3, -0.25) is 4.79 Å². The van der Waals surface area contributed by atoms with Crippen LogP contribution in [-0.2, 0) is 11.3 Å². The number of aromatic nitrogens is 1. The number of benzene rings is 2. The Morgan fingerprint density at radius 3 is 2.54 bits per heavy atom. The fourth-order valence-electron chi connectivity index (χ4n) is 2.61. The summed E-state index contributed by atoms with van der Waals surface area (Å²) < 4.78 is 1.40. The fraction of sp³-hybridized carbons (Fsp3) is 0.111. The highest BCUT2D eigenvalue weighted by atomic mass is 16.3. The molecule has 3 amide bonds. The number of nitrogens with two attached hydrogens (primary N) is 1. The van der Waals surface area contributed by atoms with Crippen molar-refractivity contribution in [1.82, 2.24) is 4.57 Å². The fourth-order valence-corrected chi connectivity index (χ4v) is 2.61. The van der Waals surface area contributed by atoms with Gasteiger partial charge in [0.15, 0.2) is 5.69 Å². The molecule has 0 bridgehead atoms. The monoisotopic (exact) mass is 351 g/mol. The molecule has 0 saturated heterocycles. The molecule has 0 saturated carbocycles. The Labute approximate surface area is 149 Å². The second kappa shape index (κ2) is 7.06. The van der Waals surface area contributed by atoms with Crippen LogP contribution in [0, 0.1) is 6.92 Å². The number of fused-ring (bicyclic) bond motifs is 1.